The van der Waals surface area contributed by atoms with Crippen LogP contribution in [-0.4, -0.2) is 15.0 Å². The first kappa shape index (κ1) is 16.8. The summed E-state index contributed by atoms with van der Waals surface area (Å²) in [5, 5.41) is 3.72. The van der Waals surface area contributed by atoms with Crippen LogP contribution >= 0.6 is 0 Å². The summed E-state index contributed by atoms with van der Waals surface area (Å²) in [6.45, 7) is 3.58. The van der Waals surface area contributed by atoms with Crippen molar-refractivity contribution in [2.45, 2.75) is 13.8 Å². The van der Waals surface area contributed by atoms with Gasteiger partial charge < -0.3 is 15.0 Å². The number of H-pyrrole nitrogens is 1. The van der Waals surface area contributed by atoms with Gasteiger partial charge in [-0.05, 0) is 38.1 Å². The van der Waals surface area contributed by atoms with Crippen molar-refractivity contribution in [2.75, 3.05) is 5.32 Å². The van der Waals surface area contributed by atoms with E-state index in [2.05, 4.69) is 20.3 Å². The van der Waals surface area contributed by atoms with E-state index >= 15 is 0 Å². The molecule has 0 unspecified atom stereocenters. The maximum absolute atomic E-state index is 12.6. The minimum Gasteiger partial charge on any atom is -0.437 e. The molecule has 27 heavy (non-hydrogen) atoms. The van der Waals surface area contributed by atoms with Gasteiger partial charge in [0, 0.05) is 11.3 Å². The average molecular weight is 358 g/mol. The molecular formula is C21H18N4O2. The number of fused-ring (bicyclic) bond motifs is 1. The number of pyridine rings is 1. The molecule has 2 N–H and O–H groups in total. The number of hydrogen-bond acceptors (Lipinski definition) is 5. The van der Waals surface area contributed by atoms with E-state index in [1.807, 2.05) is 67.6 Å². The van der Waals surface area contributed by atoms with Crippen LogP contribution in [-0.2, 0) is 0 Å². The number of nitrogens with zero attached hydrogens (tertiary/aromatic N) is 2. The van der Waals surface area contributed by atoms with Crippen LogP contribution < -0.4 is 15.6 Å². The molecule has 0 fully saturated rings. The van der Waals surface area contributed by atoms with E-state index in [1.165, 1.54) is 0 Å². The second-order valence-corrected chi connectivity index (χ2v) is 6.17. The number of rotatable bonds is 4. The zero-order valence-corrected chi connectivity index (χ0v) is 15.0. The quantitative estimate of drug-likeness (QED) is 0.562. The molecule has 0 aliphatic carbocycles. The average Bonchev–Trinajstić information content (AvgIpc) is 2.66. The van der Waals surface area contributed by atoms with Gasteiger partial charge in [0.1, 0.15) is 22.9 Å². The van der Waals surface area contributed by atoms with Gasteiger partial charge in [0.25, 0.3) is 5.56 Å². The van der Waals surface area contributed by atoms with Crippen molar-refractivity contribution in [3.63, 3.8) is 0 Å². The summed E-state index contributed by atoms with van der Waals surface area (Å²) in [4.78, 5) is 24.5. The third-order valence-electron chi connectivity index (χ3n) is 4.18. The highest BCUT2D eigenvalue weighted by molar-refractivity contribution is 5.89. The van der Waals surface area contributed by atoms with E-state index in [9.17, 15) is 4.79 Å². The van der Waals surface area contributed by atoms with Crippen LogP contribution in [0.5, 0.6) is 11.6 Å². The van der Waals surface area contributed by atoms with Crippen LogP contribution in [0.15, 0.2) is 65.5 Å². The number of aromatic amines is 1. The van der Waals surface area contributed by atoms with Crippen molar-refractivity contribution in [3.05, 3.63) is 82.4 Å². The molecular weight excluding hydrogens is 340 g/mol. The third kappa shape index (κ3) is 3.37. The molecule has 2 heterocycles. The summed E-state index contributed by atoms with van der Waals surface area (Å²) in [7, 11) is 0. The Morgan fingerprint density at radius 2 is 1.59 bits per heavy atom. The molecule has 134 valence electrons. The smallest absolute Gasteiger partial charge is 0.259 e. The Kier molecular flexibility index (Phi) is 4.30. The molecule has 2 aromatic carbocycles. The first-order chi connectivity index (χ1) is 13.1. The van der Waals surface area contributed by atoms with Crippen molar-refractivity contribution in [1.82, 2.24) is 15.0 Å². The normalized spacial score (nSPS) is 10.7. The standard InChI is InChI=1S/C21H18N4O2/c1-13-17-18(22-14(2)23-20(17)26)21(27-16-11-7-4-8-12-16)25-19(13)24-15-9-5-3-6-10-15/h3-12H,1-2H3,(H,24,25)(H,22,23,26). The van der Waals surface area contributed by atoms with Gasteiger partial charge in [0.05, 0.1) is 5.39 Å². The second kappa shape index (κ2) is 6.92. The maximum atomic E-state index is 12.6. The molecule has 0 aliphatic heterocycles. The van der Waals surface area contributed by atoms with Crippen LogP contribution in [0.1, 0.15) is 11.4 Å². The Morgan fingerprint density at radius 1 is 0.926 bits per heavy atom. The summed E-state index contributed by atoms with van der Waals surface area (Å²) >= 11 is 0. The number of para-hydroxylation sites is 2. The lowest BCUT2D eigenvalue weighted by Gasteiger charge is -2.14. The van der Waals surface area contributed by atoms with Crippen LogP contribution in [0, 0.1) is 13.8 Å². The van der Waals surface area contributed by atoms with Gasteiger partial charge in [-0.15, -0.1) is 0 Å². The minimum atomic E-state index is -0.216. The van der Waals surface area contributed by atoms with Crippen LogP contribution in [0.4, 0.5) is 11.5 Å². The predicted octanol–water partition coefficient (Wildman–Crippen LogP) is 4.47. The SMILES string of the molecule is Cc1nc2c(Oc3ccccc3)nc(Nc3ccccc3)c(C)c2c(=O)[nH]1. The van der Waals surface area contributed by atoms with Gasteiger partial charge in [-0.25, -0.2) is 4.98 Å². The predicted molar refractivity (Wildman–Crippen MR) is 106 cm³/mol. The van der Waals surface area contributed by atoms with E-state index < -0.39 is 0 Å². The molecule has 6 heteroatoms. The van der Waals surface area contributed by atoms with Gasteiger partial charge >= 0.3 is 0 Å². The first-order valence-electron chi connectivity index (χ1n) is 8.58. The fourth-order valence-corrected chi connectivity index (χ4v) is 2.90. The van der Waals surface area contributed by atoms with Crippen LogP contribution in [0.25, 0.3) is 10.9 Å². The molecule has 0 amide bonds. The zero-order valence-electron chi connectivity index (χ0n) is 15.0. The van der Waals surface area contributed by atoms with Crippen molar-refractivity contribution in [2.24, 2.45) is 0 Å². The Labute approximate surface area is 155 Å². The second-order valence-electron chi connectivity index (χ2n) is 6.17. The number of nitrogens with one attached hydrogen (secondary N) is 2. The Morgan fingerprint density at radius 3 is 2.30 bits per heavy atom. The largest absolute Gasteiger partial charge is 0.437 e. The number of aromatic nitrogens is 3. The van der Waals surface area contributed by atoms with E-state index in [1.54, 1.807) is 6.92 Å². The monoisotopic (exact) mass is 358 g/mol. The number of ether oxygens (including phenoxy) is 1. The van der Waals surface area contributed by atoms with Gasteiger partial charge in [-0.3, -0.25) is 4.79 Å². The lowest BCUT2D eigenvalue weighted by molar-refractivity contribution is 0.468. The van der Waals surface area contributed by atoms with E-state index in [0.29, 0.717) is 33.9 Å². The summed E-state index contributed by atoms with van der Waals surface area (Å²) in [6.07, 6.45) is 0. The van der Waals surface area contributed by atoms with Gasteiger partial charge in [-0.2, -0.15) is 4.98 Å². The molecule has 0 atom stereocenters. The molecule has 0 aliphatic rings. The molecule has 0 saturated carbocycles. The number of hydrogen-bond donors (Lipinski definition) is 2. The number of anilines is 2. The van der Waals surface area contributed by atoms with Gasteiger partial charge in [0.15, 0.2) is 0 Å². The summed E-state index contributed by atoms with van der Waals surface area (Å²) in [6, 6.07) is 19.0. The molecule has 0 saturated heterocycles. The highest BCUT2D eigenvalue weighted by atomic mass is 16.5. The van der Waals surface area contributed by atoms with Gasteiger partial charge in [-0.1, -0.05) is 36.4 Å². The summed E-state index contributed by atoms with van der Waals surface area (Å²) < 4.78 is 5.97. The Balaban J connectivity index is 1.91. The van der Waals surface area contributed by atoms with Crippen LogP contribution in [0.2, 0.25) is 0 Å². The Hall–Kier alpha value is -3.67. The molecule has 0 radical (unpaired) electrons. The lowest BCUT2D eigenvalue weighted by Crippen LogP contribution is -2.13. The fourth-order valence-electron chi connectivity index (χ4n) is 2.90. The summed E-state index contributed by atoms with van der Waals surface area (Å²) in [5.74, 6) is 1.97. The Bertz CT molecular complexity index is 1160. The van der Waals surface area contributed by atoms with Crippen LogP contribution in [0.3, 0.4) is 0 Å². The maximum Gasteiger partial charge on any atom is 0.259 e. The molecule has 4 aromatic rings. The molecule has 0 spiro atoms. The van der Waals surface area contributed by atoms with Crippen molar-refractivity contribution >= 4 is 22.4 Å². The fraction of sp³-hybridized carbons (Fsp3) is 0.0952. The van der Waals surface area contributed by atoms with Crippen molar-refractivity contribution in [3.8, 4) is 11.6 Å². The molecule has 6 nitrogen and oxygen atoms in total. The molecule has 2 aromatic heterocycles. The summed E-state index contributed by atoms with van der Waals surface area (Å²) in [5.41, 5.74) is 1.81. The van der Waals surface area contributed by atoms with Crippen molar-refractivity contribution < 1.29 is 4.74 Å². The number of aryl methyl sites for hydroxylation is 2. The topological polar surface area (TPSA) is 79.9 Å². The minimum absolute atomic E-state index is 0.216. The zero-order chi connectivity index (χ0) is 18.8. The highest BCUT2D eigenvalue weighted by Gasteiger charge is 2.17. The molecule has 4 rings (SSSR count). The third-order valence-corrected chi connectivity index (χ3v) is 4.18. The van der Waals surface area contributed by atoms with Crippen molar-refractivity contribution in [1.29, 1.82) is 0 Å². The highest BCUT2D eigenvalue weighted by Crippen LogP contribution is 2.32. The van der Waals surface area contributed by atoms with E-state index in [-0.39, 0.29) is 11.4 Å². The van der Waals surface area contributed by atoms with E-state index in [0.717, 1.165) is 5.69 Å². The lowest BCUT2D eigenvalue weighted by atomic mass is 10.1. The van der Waals surface area contributed by atoms with E-state index in [4.69, 9.17) is 4.74 Å². The molecule has 0 bridgehead atoms. The first-order valence-corrected chi connectivity index (χ1v) is 8.58. The van der Waals surface area contributed by atoms with Gasteiger partial charge in [0.2, 0.25) is 5.88 Å². The number of benzene rings is 2.